The second-order valence-corrected chi connectivity index (χ2v) is 5.24. The SMILES string of the molecule is CCCc1ccc(-c2nc(-c3cccc(C)c3)no2)cc1. The normalized spacial score (nSPS) is 10.8. The lowest BCUT2D eigenvalue weighted by molar-refractivity contribution is 0.432. The summed E-state index contributed by atoms with van der Waals surface area (Å²) in [5.41, 5.74) is 4.45. The molecule has 0 spiro atoms. The third-order valence-electron chi connectivity index (χ3n) is 3.44. The first kappa shape index (κ1) is 13.6. The minimum Gasteiger partial charge on any atom is -0.334 e. The van der Waals surface area contributed by atoms with Gasteiger partial charge in [0, 0.05) is 11.1 Å². The predicted molar refractivity (Wildman–Crippen MR) is 83.9 cm³/mol. The fourth-order valence-electron chi connectivity index (χ4n) is 2.34. The Labute approximate surface area is 124 Å². The van der Waals surface area contributed by atoms with E-state index in [2.05, 4.69) is 48.3 Å². The van der Waals surface area contributed by atoms with Crippen LogP contribution in [0.15, 0.2) is 53.1 Å². The van der Waals surface area contributed by atoms with Gasteiger partial charge in [-0.2, -0.15) is 4.98 Å². The van der Waals surface area contributed by atoms with E-state index >= 15 is 0 Å². The molecule has 0 saturated heterocycles. The highest BCUT2D eigenvalue weighted by Gasteiger charge is 2.10. The van der Waals surface area contributed by atoms with Gasteiger partial charge in [-0.3, -0.25) is 0 Å². The van der Waals surface area contributed by atoms with Gasteiger partial charge in [0.05, 0.1) is 0 Å². The lowest BCUT2D eigenvalue weighted by Crippen LogP contribution is -1.84. The number of aryl methyl sites for hydroxylation is 2. The van der Waals surface area contributed by atoms with E-state index in [1.54, 1.807) is 0 Å². The third kappa shape index (κ3) is 3.02. The molecule has 0 aliphatic rings. The minimum absolute atomic E-state index is 0.564. The maximum atomic E-state index is 5.38. The average Bonchev–Trinajstić information content (AvgIpc) is 2.98. The molecule has 3 rings (SSSR count). The van der Waals surface area contributed by atoms with Gasteiger partial charge in [-0.15, -0.1) is 0 Å². The smallest absolute Gasteiger partial charge is 0.258 e. The van der Waals surface area contributed by atoms with E-state index in [1.807, 2.05) is 24.3 Å². The highest BCUT2D eigenvalue weighted by Crippen LogP contribution is 2.23. The topological polar surface area (TPSA) is 38.9 Å². The summed E-state index contributed by atoms with van der Waals surface area (Å²) in [6.07, 6.45) is 2.25. The summed E-state index contributed by atoms with van der Waals surface area (Å²) in [5, 5.41) is 4.08. The molecule has 1 heterocycles. The molecule has 0 saturated carbocycles. The van der Waals surface area contributed by atoms with Gasteiger partial charge in [0.1, 0.15) is 0 Å². The van der Waals surface area contributed by atoms with Crippen LogP contribution in [-0.4, -0.2) is 10.1 Å². The van der Waals surface area contributed by atoms with Gasteiger partial charge in [-0.25, -0.2) is 0 Å². The minimum atomic E-state index is 0.564. The maximum absolute atomic E-state index is 5.38. The summed E-state index contributed by atoms with van der Waals surface area (Å²) < 4.78 is 5.38. The van der Waals surface area contributed by atoms with E-state index in [0.29, 0.717) is 11.7 Å². The van der Waals surface area contributed by atoms with Crippen LogP contribution in [0.25, 0.3) is 22.8 Å². The lowest BCUT2D eigenvalue weighted by atomic mass is 10.1. The van der Waals surface area contributed by atoms with E-state index in [1.165, 1.54) is 11.1 Å². The van der Waals surface area contributed by atoms with Crippen LogP contribution in [0.3, 0.4) is 0 Å². The average molecular weight is 278 g/mol. The van der Waals surface area contributed by atoms with Crippen LogP contribution in [0.4, 0.5) is 0 Å². The zero-order valence-corrected chi connectivity index (χ0v) is 12.3. The van der Waals surface area contributed by atoms with Crippen molar-refractivity contribution in [1.82, 2.24) is 10.1 Å². The Hall–Kier alpha value is -2.42. The zero-order chi connectivity index (χ0) is 14.7. The molecule has 2 aromatic carbocycles. The number of aromatic nitrogens is 2. The fraction of sp³-hybridized carbons (Fsp3) is 0.222. The van der Waals surface area contributed by atoms with Crippen molar-refractivity contribution in [2.75, 3.05) is 0 Å². The van der Waals surface area contributed by atoms with E-state index < -0.39 is 0 Å². The molecule has 0 unspecified atom stereocenters. The summed E-state index contributed by atoms with van der Waals surface area (Å²) in [4.78, 5) is 4.49. The van der Waals surface area contributed by atoms with Gasteiger partial charge < -0.3 is 4.52 Å². The number of hydrogen-bond donors (Lipinski definition) is 0. The Morgan fingerprint density at radius 1 is 1.00 bits per heavy atom. The zero-order valence-electron chi connectivity index (χ0n) is 12.3. The van der Waals surface area contributed by atoms with Crippen LogP contribution in [0.1, 0.15) is 24.5 Å². The van der Waals surface area contributed by atoms with Gasteiger partial charge in [-0.1, -0.05) is 54.4 Å². The van der Waals surface area contributed by atoms with Crippen molar-refractivity contribution in [2.45, 2.75) is 26.7 Å². The summed E-state index contributed by atoms with van der Waals surface area (Å²) in [6.45, 7) is 4.23. The molecule has 0 atom stereocenters. The van der Waals surface area contributed by atoms with Gasteiger partial charge in [-0.05, 0) is 37.1 Å². The molecule has 3 heteroatoms. The van der Waals surface area contributed by atoms with Gasteiger partial charge in [0.25, 0.3) is 5.89 Å². The molecule has 0 radical (unpaired) electrons. The first-order valence-corrected chi connectivity index (χ1v) is 7.26. The Balaban J connectivity index is 1.87. The number of benzene rings is 2. The van der Waals surface area contributed by atoms with E-state index in [9.17, 15) is 0 Å². The predicted octanol–water partition coefficient (Wildman–Crippen LogP) is 4.66. The summed E-state index contributed by atoms with van der Waals surface area (Å²) in [6, 6.07) is 16.4. The molecule has 0 fully saturated rings. The first-order chi connectivity index (χ1) is 10.3. The Morgan fingerprint density at radius 3 is 2.52 bits per heavy atom. The molecular formula is C18H18N2O. The van der Waals surface area contributed by atoms with Crippen LogP contribution in [0.5, 0.6) is 0 Å². The fourth-order valence-corrected chi connectivity index (χ4v) is 2.34. The number of nitrogens with zero attached hydrogens (tertiary/aromatic N) is 2. The first-order valence-electron chi connectivity index (χ1n) is 7.26. The molecule has 0 aliphatic carbocycles. The Bertz CT molecular complexity index is 729. The molecule has 3 aromatic rings. The second kappa shape index (κ2) is 5.92. The molecule has 0 N–H and O–H groups in total. The molecule has 21 heavy (non-hydrogen) atoms. The van der Waals surface area contributed by atoms with Gasteiger partial charge >= 0.3 is 0 Å². The summed E-state index contributed by atoms with van der Waals surface area (Å²) >= 11 is 0. The number of rotatable bonds is 4. The summed E-state index contributed by atoms with van der Waals surface area (Å²) in [7, 11) is 0. The van der Waals surface area contributed by atoms with Crippen LogP contribution in [0, 0.1) is 6.92 Å². The van der Waals surface area contributed by atoms with Crippen LogP contribution < -0.4 is 0 Å². The van der Waals surface area contributed by atoms with Crippen LogP contribution in [0.2, 0.25) is 0 Å². The van der Waals surface area contributed by atoms with Crippen LogP contribution in [-0.2, 0) is 6.42 Å². The van der Waals surface area contributed by atoms with E-state index in [0.717, 1.165) is 24.0 Å². The highest BCUT2D eigenvalue weighted by molar-refractivity contribution is 5.60. The maximum Gasteiger partial charge on any atom is 0.258 e. The Morgan fingerprint density at radius 2 is 1.81 bits per heavy atom. The van der Waals surface area contributed by atoms with E-state index in [4.69, 9.17) is 4.52 Å². The molecule has 1 aromatic heterocycles. The lowest BCUT2D eigenvalue weighted by Gasteiger charge is -1.99. The van der Waals surface area contributed by atoms with Gasteiger partial charge in [0.15, 0.2) is 0 Å². The third-order valence-corrected chi connectivity index (χ3v) is 3.44. The van der Waals surface area contributed by atoms with Crippen molar-refractivity contribution in [3.05, 3.63) is 59.7 Å². The van der Waals surface area contributed by atoms with Crippen LogP contribution >= 0.6 is 0 Å². The van der Waals surface area contributed by atoms with Crippen molar-refractivity contribution >= 4 is 0 Å². The molecule has 3 nitrogen and oxygen atoms in total. The standard InChI is InChI=1S/C18H18N2O/c1-3-5-14-8-10-15(11-9-14)18-19-17(20-21-18)16-7-4-6-13(2)12-16/h4,6-12H,3,5H2,1-2H3. The highest BCUT2D eigenvalue weighted by atomic mass is 16.5. The second-order valence-electron chi connectivity index (χ2n) is 5.24. The van der Waals surface area contributed by atoms with Crippen molar-refractivity contribution in [1.29, 1.82) is 0 Å². The summed E-state index contributed by atoms with van der Waals surface area (Å²) in [5.74, 6) is 1.20. The molecular weight excluding hydrogens is 260 g/mol. The molecule has 0 aliphatic heterocycles. The van der Waals surface area contributed by atoms with Crippen molar-refractivity contribution in [3.8, 4) is 22.8 Å². The largest absolute Gasteiger partial charge is 0.334 e. The Kier molecular flexibility index (Phi) is 3.82. The molecule has 0 amide bonds. The molecule has 106 valence electrons. The number of hydrogen-bond acceptors (Lipinski definition) is 3. The van der Waals surface area contributed by atoms with Crippen molar-refractivity contribution in [3.63, 3.8) is 0 Å². The van der Waals surface area contributed by atoms with Crippen molar-refractivity contribution in [2.24, 2.45) is 0 Å². The van der Waals surface area contributed by atoms with Gasteiger partial charge in [0.2, 0.25) is 5.82 Å². The van der Waals surface area contributed by atoms with Crippen molar-refractivity contribution < 1.29 is 4.52 Å². The van der Waals surface area contributed by atoms with E-state index in [-0.39, 0.29) is 0 Å². The monoisotopic (exact) mass is 278 g/mol. The molecule has 0 bridgehead atoms. The quantitative estimate of drug-likeness (QED) is 0.696.